The molecular weight excluding hydrogens is 224 g/mol. The molecular formula is C14H26N4. The van der Waals surface area contributed by atoms with Crippen molar-refractivity contribution in [2.45, 2.75) is 53.5 Å². The van der Waals surface area contributed by atoms with Crippen molar-refractivity contribution in [2.24, 2.45) is 0 Å². The maximum absolute atomic E-state index is 3.90. The minimum absolute atomic E-state index is 1.07. The van der Waals surface area contributed by atoms with E-state index in [4.69, 9.17) is 0 Å². The van der Waals surface area contributed by atoms with Gasteiger partial charge in [0.1, 0.15) is 0 Å². The van der Waals surface area contributed by atoms with Crippen LogP contribution >= 0.6 is 0 Å². The molecule has 2 rings (SSSR count). The lowest BCUT2D eigenvalue weighted by Crippen LogP contribution is -1.90. The summed E-state index contributed by atoms with van der Waals surface area (Å²) in [7, 11) is 0. The van der Waals surface area contributed by atoms with Gasteiger partial charge in [0.15, 0.2) is 0 Å². The molecule has 0 aromatic carbocycles. The molecule has 0 unspecified atom stereocenters. The number of nitrogens with one attached hydrogen (secondary N) is 1. The van der Waals surface area contributed by atoms with Gasteiger partial charge in [0.2, 0.25) is 0 Å². The average Bonchev–Trinajstić information content (AvgIpc) is 3.04. The summed E-state index contributed by atoms with van der Waals surface area (Å²) in [6.45, 7) is 9.59. The molecule has 0 saturated carbocycles. The Morgan fingerprint density at radius 2 is 1.94 bits per heavy atom. The van der Waals surface area contributed by atoms with E-state index in [1.807, 2.05) is 24.9 Å². The summed E-state index contributed by atoms with van der Waals surface area (Å²) >= 11 is 0. The third-order valence-corrected chi connectivity index (χ3v) is 2.00. The molecule has 2 heterocycles. The summed E-state index contributed by atoms with van der Waals surface area (Å²) < 4.78 is 2.07. The fourth-order valence-corrected chi connectivity index (χ4v) is 1.15. The lowest BCUT2D eigenvalue weighted by molar-refractivity contribution is 0.678. The van der Waals surface area contributed by atoms with Crippen molar-refractivity contribution in [3.8, 4) is 0 Å². The van der Waals surface area contributed by atoms with Gasteiger partial charge in [0.25, 0.3) is 0 Å². The molecule has 0 amide bonds. The van der Waals surface area contributed by atoms with Gasteiger partial charge in [-0.25, -0.2) is 4.98 Å². The van der Waals surface area contributed by atoms with Crippen LogP contribution in [0.3, 0.4) is 0 Å². The van der Waals surface area contributed by atoms with Crippen LogP contribution in [-0.4, -0.2) is 19.7 Å². The van der Waals surface area contributed by atoms with Gasteiger partial charge in [-0.1, -0.05) is 34.1 Å². The molecule has 0 aliphatic heterocycles. The van der Waals surface area contributed by atoms with Crippen molar-refractivity contribution >= 4 is 0 Å². The SMILES string of the molecule is CCC.CCCn1ccnc1.CCc1cn[nH]c1. The van der Waals surface area contributed by atoms with E-state index in [2.05, 4.69) is 47.4 Å². The van der Waals surface area contributed by atoms with E-state index in [0.717, 1.165) is 13.0 Å². The first-order chi connectivity index (χ1) is 8.78. The van der Waals surface area contributed by atoms with E-state index in [-0.39, 0.29) is 0 Å². The molecule has 0 fully saturated rings. The Balaban J connectivity index is 0.000000267. The molecule has 0 atom stereocenters. The quantitative estimate of drug-likeness (QED) is 0.903. The Bertz CT molecular complexity index is 338. The van der Waals surface area contributed by atoms with E-state index < -0.39 is 0 Å². The molecule has 0 saturated heterocycles. The van der Waals surface area contributed by atoms with E-state index in [1.54, 1.807) is 6.20 Å². The van der Waals surface area contributed by atoms with Crippen LogP contribution in [-0.2, 0) is 13.0 Å². The topological polar surface area (TPSA) is 46.5 Å². The van der Waals surface area contributed by atoms with E-state index in [0.29, 0.717) is 0 Å². The van der Waals surface area contributed by atoms with Crippen molar-refractivity contribution < 1.29 is 0 Å². The van der Waals surface area contributed by atoms with Gasteiger partial charge < -0.3 is 4.57 Å². The predicted octanol–water partition coefficient (Wildman–Crippen LogP) is 3.68. The molecule has 2 aromatic rings. The van der Waals surface area contributed by atoms with Crippen molar-refractivity contribution in [3.05, 3.63) is 36.7 Å². The Hall–Kier alpha value is -1.58. The van der Waals surface area contributed by atoms with Crippen LogP contribution in [0.4, 0.5) is 0 Å². The second kappa shape index (κ2) is 11.9. The Kier molecular flexibility index (Phi) is 10.8. The van der Waals surface area contributed by atoms with Crippen molar-refractivity contribution in [3.63, 3.8) is 0 Å². The van der Waals surface area contributed by atoms with Gasteiger partial charge in [-0.2, -0.15) is 5.10 Å². The summed E-state index contributed by atoms with van der Waals surface area (Å²) in [5, 5.41) is 6.50. The molecule has 2 aromatic heterocycles. The van der Waals surface area contributed by atoms with Gasteiger partial charge in [0.05, 0.1) is 12.5 Å². The van der Waals surface area contributed by atoms with Gasteiger partial charge in [-0.15, -0.1) is 0 Å². The van der Waals surface area contributed by atoms with Gasteiger partial charge in [0, 0.05) is 25.1 Å². The number of imidazole rings is 1. The molecule has 18 heavy (non-hydrogen) atoms. The maximum atomic E-state index is 3.90. The summed E-state index contributed by atoms with van der Waals surface area (Å²) in [6.07, 6.45) is 12.8. The van der Waals surface area contributed by atoms with Crippen LogP contribution in [0.25, 0.3) is 0 Å². The van der Waals surface area contributed by atoms with Gasteiger partial charge >= 0.3 is 0 Å². The smallest absolute Gasteiger partial charge is 0.0945 e. The monoisotopic (exact) mass is 250 g/mol. The minimum atomic E-state index is 1.07. The van der Waals surface area contributed by atoms with Crippen LogP contribution < -0.4 is 0 Å². The predicted molar refractivity (Wildman–Crippen MR) is 76.4 cm³/mol. The molecule has 0 aliphatic rings. The number of hydrogen-bond donors (Lipinski definition) is 1. The highest BCUT2D eigenvalue weighted by atomic mass is 15.1. The van der Waals surface area contributed by atoms with E-state index in [9.17, 15) is 0 Å². The van der Waals surface area contributed by atoms with Crippen molar-refractivity contribution in [2.75, 3.05) is 0 Å². The van der Waals surface area contributed by atoms with Crippen LogP contribution in [0.15, 0.2) is 31.1 Å². The number of aryl methyl sites for hydroxylation is 2. The molecule has 4 heteroatoms. The summed E-state index contributed by atoms with van der Waals surface area (Å²) in [6, 6.07) is 0. The largest absolute Gasteiger partial charge is 0.338 e. The second-order valence-corrected chi connectivity index (χ2v) is 3.97. The third-order valence-electron chi connectivity index (χ3n) is 2.00. The number of aromatic amines is 1. The zero-order valence-corrected chi connectivity index (χ0v) is 12.1. The maximum Gasteiger partial charge on any atom is 0.0945 e. The van der Waals surface area contributed by atoms with Crippen LogP contribution in [0, 0.1) is 0 Å². The third kappa shape index (κ3) is 8.56. The number of H-pyrrole nitrogens is 1. The lowest BCUT2D eigenvalue weighted by atomic mass is 10.3. The number of hydrogen-bond acceptors (Lipinski definition) is 2. The van der Waals surface area contributed by atoms with Crippen LogP contribution in [0.2, 0.25) is 0 Å². The lowest BCUT2D eigenvalue weighted by Gasteiger charge is -1.93. The highest BCUT2D eigenvalue weighted by Gasteiger charge is 1.83. The first kappa shape index (κ1) is 16.4. The second-order valence-electron chi connectivity index (χ2n) is 3.97. The zero-order valence-electron chi connectivity index (χ0n) is 12.1. The minimum Gasteiger partial charge on any atom is -0.338 e. The van der Waals surface area contributed by atoms with Crippen LogP contribution in [0.5, 0.6) is 0 Å². The standard InChI is InChI=1S/C6H10N2.C5H8N2.C3H8/c1-2-4-8-5-3-7-6-8;1-2-5-3-6-7-4-5;1-3-2/h3,5-6H,2,4H2,1H3;3-4H,2H2,1H3,(H,6,7);3H2,1-2H3. The van der Waals surface area contributed by atoms with Gasteiger partial charge in [-0.3, -0.25) is 5.10 Å². The molecule has 0 bridgehead atoms. The Morgan fingerprint density at radius 1 is 1.22 bits per heavy atom. The molecule has 0 spiro atoms. The molecule has 4 nitrogen and oxygen atoms in total. The summed E-state index contributed by atoms with van der Waals surface area (Å²) in [5.74, 6) is 0. The number of rotatable bonds is 3. The Labute approximate surface area is 110 Å². The van der Waals surface area contributed by atoms with E-state index in [1.165, 1.54) is 18.4 Å². The fraction of sp³-hybridized carbons (Fsp3) is 0.571. The molecule has 0 aliphatic carbocycles. The fourth-order valence-electron chi connectivity index (χ4n) is 1.15. The normalized spacial score (nSPS) is 8.89. The van der Waals surface area contributed by atoms with Gasteiger partial charge in [-0.05, 0) is 18.4 Å². The molecule has 1 N–H and O–H groups in total. The van der Waals surface area contributed by atoms with Crippen molar-refractivity contribution in [1.82, 2.24) is 19.7 Å². The highest BCUT2D eigenvalue weighted by Crippen LogP contribution is 1.91. The molecule has 0 radical (unpaired) electrons. The van der Waals surface area contributed by atoms with Crippen LogP contribution in [0.1, 0.15) is 46.1 Å². The average molecular weight is 250 g/mol. The molecule has 102 valence electrons. The first-order valence-corrected chi connectivity index (χ1v) is 6.71. The highest BCUT2D eigenvalue weighted by molar-refractivity contribution is 5.00. The van der Waals surface area contributed by atoms with E-state index >= 15 is 0 Å². The Morgan fingerprint density at radius 3 is 2.28 bits per heavy atom. The summed E-state index contributed by atoms with van der Waals surface area (Å²) in [4.78, 5) is 3.90. The van der Waals surface area contributed by atoms with Crippen molar-refractivity contribution in [1.29, 1.82) is 0 Å². The first-order valence-electron chi connectivity index (χ1n) is 6.71. The zero-order chi connectivity index (χ0) is 13.6. The number of aromatic nitrogens is 4. The number of nitrogens with zero attached hydrogens (tertiary/aromatic N) is 3. The summed E-state index contributed by atoms with van der Waals surface area (Å²) in [5.41, 5.74) is 1.26.